The molecule has 4 rings (SSSR count). The van der Waals surface area contributed by atoms with Gasteiger partial charge in [0.15, 0.2) is 0 Å². The summed E-state index contributed by atoms with van der Waals surface area (Å²) in [6.45, 7) is 3.78. The number of ether oxygens (including phenoxy) is 2. The topological polar surface area (TPSA) is 94.0 Å². The molecule has 1 aromatic heterocycles. The number of nitrogens with zero attached hydrogens (tertiary/aromatic N) is 4. The third kappa shape index (κ3) is 4.33. The maximum absolute atomic E-state index is 13.0. The van der Waals surface area contributed by atoms with E-state index >= 15 is 0 Å². The molecule has 2 aromatic carbocycles. The predicted molar refractivity (Wildman–Crippen MR) is 125 cm³/mol. The van der Waals surface area contributed by atoms with Crippen LogP contribution in [0, 0.1) is 0 Å². The fourth-order valence-corrected chi connectivity index (χ4v) is 5.58. The van der Waals surface area contributed by atoms with E-state index < -0.39 is 10.0 Å². The van der Waals surface area contributed by atoms with Gasteiger partial charge in [-0.3, -0.25) is 14.3 Å². The molecule has 0 radical (unpaired) electrons. The van der Waals surface area contributed by atoms with Crippen molar-refractivity contribution in [2.45, 2.75) is 17.9 Å². The van der Waals surface area contributed by atoms with Crippen molar-refractivity contribution in [3.8, 4) is 11.5 Å². The lowest BCUT2D eigenvalue weighted by Gasteiger charge is -2.37. The van der Waals surface area contributed by atoms with E-state index in [-0.39, 0.29) is 16.5 Å². The Kier molecular flexibility index (Phi) is 6.42. The van der Waals surface area contributed by atoms with E-state index in [2.05, 4.69) is 4.90 Å². The van der Waals surface area contributed by atoms with Crippen LogP contribution in [0.1, 0.15) is 18.8 Å². The van der Waals surface area contributed by atoms with Crippen molar-refractivity contribution in [3.63, 3.8) is 0 Å². The summed E-state index contributed by atoms with van der Waals surface area (Å²) in [5.74, 6) is 1.86. The molecule has 33 heavy (non-hydrogen) atoms. The Labute approximate surface area is 193 Å². The van der Waals surface area contributed by atoms with Gasteiger partial charge in [-0.15, -0.1) is 0 Å². The van der Waals surface area contributed by atoms with Crippen LogP contribution in [0.3, 0.4) is 0 Å². The lowest BCUT2D eigenvalue weighted by Crippen LogP contribution is -2.49. The number of rotatable bonds is 6. The minimum atomic E-state index is -3.58. The number of aromatic nitrogens is 2. The van der Waals surface area contributed by atoms with Gasteiger partial charge >= 0.3 is 0 Å². The summed E-state index contributed by atoms with van der Waals surface area (Å²) < 4.78 is 39.5. The van der Waals surface area contributed by atoms with Gasteiger partial charge in [0.25, 0.3) is 5.56 Å². The minimum Gasteiger partial charge on any atom is -0.497 e. The van der Waals surface area contributed by atoms with Gasteiger partial charge in [-0.25, -0.2) is 13.4 Å². The van der Waals surface area contributed by atoms with E-state index in [9.17, 15) is 13.2 Å². The van der Waals surface area contributed by atoms with Gasteiger partial charge in [0, 0.05) is 33.2 Å². The van der Waals surface area contributed by atoms with Crippen LogP contribution in [0.4, 0.5) is 0 Å². The number of methoxy groups -OCH3 is 2. The van der Waals surface area contributed by atoms with Gasteiger partial charge < -0.3 is 9.47 Å². The average Bonchev–Trinajstić information content (AvgIpc) is 2.85. The van der Waals surface area contributed by atoms with E-state index in [0.717, 1.165) is 0 Å². The van der Waals surface area contributed by atoms with Crippen LogP contribution in [0.25, 0.3) is 10.9 Å². The van der Waals surface area contributed by atoms with E-state index in [1.54, 1.807) is 68.3 Å². The first-order valence-corrected chi connectivity index (χ1v) is 12.1. The fourth-order valence-electron chi connectivity index (χ4n) is 4.16. The molecule has 0 spiro atoms. The zero-order valence-electron chi connectivity index (χ0n) is 19.2. The number of piperazine rings is 1. The zero-order valence-corrected chi connectivity index (χ0v) is 20.0. The maximum Gasteiger partial charge on any atom is 0.261 e. The lowest BCUT2D eigenvalue weighted by molar-refractivity contribution is 0.139. The molecule has 0 bridgehead atoms. The number of benzene rings is 2. The van der Waals surface area contributed by atoms with Crippen molar-refractivity contribution in [3.05, 3.63) is 58.6 Å². The van der Waals surface area contributed by atoms with Crippen molar-refractivity contribution >= 4 is 20.9 Å². The molecule has 2 heterocycles. The Morgan fingerprint density at radius 2 is 1.55 bits per heavy atom. The summed E-state index contributed by atoms with van der Waals surface area (Å²) in [5.41, 5.74) is 0.475. The second-order valence-electron chi connectivity index (χ2n) is 8.01. The molecule has 1 atom stereocenters. The van der Waals surface area contributed by atoms with Crippen LogP contribution in [0.2, 0.25) is 0 Å². The first-order chi connectivity index (χ1) is 15.8. The Balaban J connectivity index is 1.52. The molecule has 9 nitrogen and oxygen atoms in total. The first-order valence-electron chi connectivity index (χ1n) is 10.7. The molecule has 176 valence electrons. The summed E-state index contributed by atoms with van der Waals surface area (Å²) in [6, 6.07) is 11.5. The molecule has 0 N–H and O–H groups in total. The van der Waals surface area contributed by atoms with Crippen LogP contribution in [0.15, 0.2) is 52.2 Å². The Bertz CT molecular complexity index is 1310. The fraction of sp³-hybridized carbons (Fsp3) is 0.391. The Morgan fingerprint density at radius 3 is 2.15 bits per heavy atom. The highest BCUT2D eigenvalue weighted by Gasteiger charge is 2.31. The first kappa shape index (κ1) is 23.2. The van der Waals surface area contributed by atoms with Crippen molar-refractivity contribution < 1.29 is 17.9 Å². The van der Waals surface area contributed by atoms with Crippen molar-refractivity contribution in [2.24, 2.45) is 7.05 Å². The molecule has 0 amide bonds. The van der Waals surface area contributed by atoms with E-state index in [4.69, 9.17) is 14.5 Å². The van der Waals surface area contributed by atoms with Gasteiger partial charge in [-0.05, 0) is 49.4 Å². The number of fused-ring (bicyclic) bond motifs is 1. The van der Waals surface area contributed by atoms with E-state index in [1.165, 1.54) is 4.31 Å². The standard InChI is InChI=1S/C23H28N4O5S/c1-16(22-24-21-10-7-18(32-4)15-20(21)23(28)25(22)2)26-11-13-27(14-12-26)33(29,30)19-8-5-17(31-3)6-9-19/h5-10,15-16H,11-14H2,1-4H3. The third-order valence-corrected chi connectivity index (χ3v) is 8.12. The van der Waals surface area contributed by atoms with Gasteiger partial charge in [0.05, 0.1) is 36.1 Å². The van der Waals surface area contributed by atoms with Crippen LogP contribution in [-0.2, 0) is 17.1 Å². The summed E-state index contributed by atoms with van der Waals surface area (Å²) in [5, 5.41) is 0.503. The second-order valence-corrected chi connectivity index (χ2v) is 9.95. The molecule has 1 aliphatic rings. The smallest absolute Gasteiger partial charge is 0.261 e. The Morgan fingerprint density at radius 1 is 0.939 bits per heavy atom. The quantitative estimate of drug-likeness (QED) is 0.542. The monoisotopic (exact) mass is 472 g/mol. The van der Waals surface area contributed by atoms with Crippen LogP contribution in [0.5, 0.6) is 11.5 Å². The van der Waals surface area contributed by atoms with Gasteiger partial charge in [0.1, 0.15) is 17.3 Å². The molecule has 1 aliphatic heterocycles. The van der Waals surface area contributed by atoms with Gasteiger partial charge in [-0.2, -0.15) is 4.31 Å². The highest BCUT2D eigenvalue weighted by atomic mass is 32.2. The lowest BCUT2D eigenvalue weighted by atomic mass is 10.2. The van der Waals surface area contributed by atoms with Crippen LogP contribution >= 0.6 is 0 Å². The van der Waals surface area contributed by atoms with Crippen LogP contribution < -0.4 is 15.0 Å². The molecular weight excluding hydrogens is 444 g/mol. The van der Waals surface area contributed by atoms with Crippen molar-refractivity contribution in [2.75, 3.05) is 40.4 Å². The normalized spacial score (nSPS) is 16.6. The number of hydrogen-bond acceptors (Lipinski definition) is 7. The van der Waals surface area contributed by atoms with Crippen molar-refractivity contribution in [1.82, 2.24) is 18.8 Å². The summed E-state index contributed by atoms with van der Waals surface area (Å²) in [7, 11) is 1.23. The molecule has 1 saturated heterocycles. The maximum atomic E-state index is 13.0. The van der Waals surface area contributed by atoms with Gasteiger partial charge in [0.2, 0.25) is 10.0 Å². The van der Waals surface area contributed by atoms with E-state index in [1.807, 2.05) is 6.92 Å². The SMILES string of the molecule is COc1ccc(S(=O)(=O)N2CCN(C(C)c3nc4ccc(OC)cc4c(=O)n3C)CC2)cc1. The largest absolute Gasteiger partial charge is 0.497 e. The number of hydrogen-bond donors (Lipinski definition) is 0. The molecular formula is C23H28N4O5S. The molecule has 3 aromatic rings. The summed E-state index contributed by atoms with van der Waals surface area (Å²) in [6.07, 6.45) is 0. The average molecular weight is 473 g/mol. The van der Waals surface area contributed by atoms with Crippen LogP contribution in [-0.4, -0.2) is 67.6 Å². The second kappa shape index (κ2) is 9.12. The summed E-state index contributed by atoms with van der Waals surface area (Å²) >= 11 is 0. The van der Waals surface area contributed by atoms with Crippen molar-refractivity contribution in [1.29, 1.82) is 0 Å². The molecule has 1 unspecified atom stereocenters. The van der Waals surface area contributed by atoms with E-state index in [0.29, 0.717) is 54.4 Å². The zero-order chi connectivity index (χ0) is 23.8. The predicted octanol–water partition coefficient (Wildman–Crippen LogP) is 2.02. The highest BCUT2D eigenvalue weighted by molar-refractivity contribution is 7.89. The van der Waals surface area contributed by atoms with Gasteiger partial charge in [-0.1, -0.05) is 0 Å². The summed E-state index contributed by atoms with van der Waals surface area (Å²) in [4.78, 5) is 20.1. The third-order valence-electron chi connectivity index (χ3n) is 6.21. The highest BCUT2D eigenvalue weighted by Crippen LogP contribution is 2.25. The minimum absolute atomic E-state index is 0.138. The molecule has 0 aliphatic carbocycles. The molecule has 1 fully saturated rings. The Hall–Kier alpha value is -2.95. The molecule has 10 heteroatoms. The number of sulfonamides is 1. The molecule has 0 saturated carbocycles.